The number of rotatable bonds is 7. The molecule has 1 saturated heterocycles. The molecule has 6 heteroatoms. The maximum Gasteiger partial charge on any atom is 0.191 e. The standard InChI is InChI=1S/C19H31N3O3/c1-19(2,14-8-9-16(23-4)17(11-14)24-5)13-22-18(20-3)21-12-15-7-6-10-25-15/h8-9,11,15H,6-7,10,12-13H2,1-5H3,(H2,20,21,22). The third-order valence-corrected chi connectivity index (χ3v) is 4.61. The molecule has 1 heterocycles. The van der Waals surface area contributed by atoms with Crippen molar-refractivity contribution in [2.45, 2.75) is 38.2 Å². The van der Waals surface area contributed by atoms with Gasteiger partial charge in [0, 0.05) is 32.2 Å². The molecule has 1 aromatic carbocycles. The molecule has 0 aromatic heterocycles. The molecule has 0 saturated carbocycles. The molecule has 0 spiro atoms. The van der Waals surface area contributed by atoms with Gasteiger partial charge >= 0.3 is 0 Å². The molecular formula is C19H31N3O3. The Morgan fingerprint density at radius 3 is 2.60 bits per heavy atom. The Morgan fingerprint density at radius 2 is 2.00 bits per heavy atom. The molecule has 25 heavy (non-hydrogen) atoms. The summed E-state index contributed by atoms with van der Waals surface area (Å²) in [6.07, 6.45) is 2.55. The van der Waals surface area contributed by atoms with E-state index in [1.165, 1.54) is 5.56 Å². The van der Waals surface area contributed by atoms with Crippen LogP contribution in [0.3, 0.4) is 0 Å². The second-order valence-corrected chi connectivity index (χ2v) is 6.90. The van der Waals surface area contributed by atoms with Gasteiger partial charge in [0.2, 0.25) is 0 Å². The van der Waals surface area contributed by atoms with Crippen molar-refractivity contribution >= 4 is 5.96 Å². The van der Waals surface area contributed by atoms with Crippen LogP contribution in [-0.4, -0.2) is 53.0 Å². The highest BCUT2D eigenvalue weighted by Crippen LogP contribution is 2.32. The first-order valence-corrected chi connectivity index (χ1v) is 8.79. The van der Waals surface area contributed by atoms with Gasteiger partial charge in [0.1, 0.15) is 0 Å². The zero-order chi connectivity index (χ0) is 18.3. The lowest BCUT2D eigenvalue weighted by Gasteiger charge is -2.27. The van der Waals surface area contributed by atoms with Crippen LogP contribution in [0.2, 0.25) is 0 Å². The van der Waals surface area contributed by atoms with Crippen molar-refractivity contribution in [3.05, 3.63) is 23.8 Å². The quantitative estimate of drug-likeness (QED) is 0.584. The van der Waals surface area contributed by atoms with Gasteiger partial charge in [-0.2, -0.15) is 0 Å². The highest BCUT2D eigenvalue weighted by Gasteiger charge is 2.23. The minimum absolute atomic E-state index is 0.0962. The van der Waals surface area contributed by atoms with E-state index in [0.717, 1.165) is 50.0 Å². The first-order chi connectivity index (χ1) is 12.0. The molecule has 6 nitrogen and oxygen atoms in total. The van der Waals surface area contributed by atoms with Gasteiger partial charge in [-0.25, -0.2) is 0 Å². The number of nitrogens with one attached hydrogen (secondary N) is 2. The van der Waals surface area contributed by atoms with Crippen molar-refractivity contribution in [3.8, 4) is 11.5 Å². The van der Waals surface area contributed by atoms with Crippen molar-refractivity contribution in [2.75, 3.05) is 41.0 Å². The second kappa shape index (κ2) is 8.94. The smallest absolute Gasteiger partial charge is 0.191 e. The fourth-order valence-corrected chi connectivity index (χ4v) is 2.90. The highest BCUT2D eigenvalue weighted by molar-refractivity contribution is 5.79. The molecule has 2 N–H and O–H groups in total. The minimum Gasteiger partial charge on any atom is -0.493 e. The third-order valence-electron chi connectivity index (χ3n) is 4.61. The van der Waals surface area contributed by atoms with Crippen LogP contribution in [0, 0.1) is 0 Å². The molecule has 1 unspecified atom stereocenters. The number of ether oxygens (including phenoxy) is 3. The number of methoxy groups -OCH3 is 2. The Labute approximate surface area is 151 Å². The average Bonchev–Trinajstić information content (AvgIpc) is 3.14. The Morgan fingerprint density at radius 1 is 1.24 bits per heavy atom. The Balaban J connectivity index is 1.94. The maximum absolute atomic E-state index is 5.64. The molecule has 1 aromatic rings. The lowest BCUT2D eigenvalue weighted by molar-refractivity contribution is 0.114. The molecule has 1 aliphatic heterocycles. The van der Waals surface area contributed by atoms with E-state index in [9.17, 15) is 0 Å². The maximum atomic E-state index is 5.64. The van der Waals surface area contributed by atoms with Crippen molar-refractivity contribution in [1.29, 1.82) is 0 Å². The topological polar surface area (TPSA) is 64.1 Å². The lowest BCUT2D eigenvalue weighted by Crippen LogP contribution is -2.45. The average molecular weight is 349 g/mol. The van der Waals surface area contributed by atoms with Gasteiger partial charge in [0.25, 0.3) is 0 Å². The van der Waals surface area contributed by atoms with Crippen LogP contribution < -0.4 is 20.1 Å². The van der Waals surface area contributed by atoms with Crippen molar-refractivity contribution in [3.63, 3.8) is 0 Å². The van der Waals surface area contributed by atoms with Crippen LogP contribution in [0.5, 0.6) is 11.5 Å². The molecule has 2 rings (SSSR count). The molecule has 1 aliphatic rings. The zero-order valence-corrected chi connectivity index (χ0v) is 16.0. The molecule has 0 bridgehead atoms. The number of aliphatic imine (C=N–C) groups is 1. The zero-order valence-electron chi connectivity index (χ0n) is 16.0. The number of guanidine groups is 1. The van der Waals surface area contributed by atoms with Gasteiger partial charge in [-0.05, 0) is 30.5 Å². The van der Waals surface area contributed by atoms with Gasteiger partial charge in [-0.3, -0.25) is 4.99 Å². The summed E-state index contributed by atoms with van der Waals surface area (Å²) < 4.78 is 16.4. The Bertz CT molecular complexity index is 581. The van der Waals surface area contributed by atoms with Gasteiger partial charge in [0.05, 0.1) is 20.3 Å². The van der Waals surface area contributed by atoms with Crippen LogP contribution >= 0.6 is 0 Å². The summed E-state index contributed by atoms with van der Waals surface area (Å²) in [4.78, 5) is 4.30. The summed E-state index contributed by atoms with van der Waals surface area (Å²) in [5, 5.41) is 6.75. The molecule has 1 fully saturated rings. The molecule has 1 atom stereocenters. The van der Waals surface area contributed by atoms with Crippen LogP contribution in [0.15, 0.2) is 23.2 Å². The molecule has 0 aliphatic carbocycles. The van der Waals surface area contributed by atoms with E-state index in [1.807, 2.05) is 12.1 Å². The van der Waals surface area contributed by atoms with Crippen LogP contribution in [0.1, 0.15) is 32.3 Å². The largest absolute Gasteiger partial charge is 0.493 e. The van der Waals surface area contributed by atoms with Gasteiger partial charge in [0.15, 0.2) is 17.5 Å². The van der Waals surface area contributed by atoms with Crippen molar-refractivity contribution in [1.82, 2.24) is 10.6 Å². The summed E-state index contributed by atoms with van der Waals surface area (Å²) in [5.74, 6) is 2.28. The van der Waals surface area contributed by atoms with Crippen LogP contribution in [0.4, 0.5) is 0 Å². The van der Waals surface area contributed by atoms with Crippen LogP contribution in [0.25, 0.3) is 0 Å². The number of hydrogen-bond acceptors (Lipinski definition) is 4. The predicted octanol–water partition coefficient (Wildman–Crippen LogP) is 2.33. The van der Waals surface area contributed by atoms with E-state index in [4.69, 9.17) is 14.2 Å². The molecular weight excluding hydrogens is 318 g/mol. The van der Waals surface area contributed by atoms with Gasteiger partial charge < -0.3 is 24.8 Å². The number of hydrogen-bond donors (Lipinski definition) is 2. The summed E-state index contributed by atoms with van der Waals surface area (Å²) in [7, 11) is 5.09. The van der Waals surface area contributed by atoms with Gasteiger partial charge in [-0.1, -0.05) is 19.9 Å². The fourth-order valence-electron chi connectivity index (χ4n) is 2.90. The predicted molar refractivity (Wildman–Crippen MR) is 101 cm³/mol. The van der Waals surface area contributed by atoms with Crippen molar-refractivity contribution < 1.29 is 14.2 Å². The highest BCUT2D eigenvalue weighted by atomic mass is 16.5. The van der Waals surface area contributed by atoms with E-state index in [-0.39, 0.29) is 11.5 Å². The number of nitrogens with zero attached hydrogens (tertiary/aromatic N) is 1. The number of benzene rings is 1. The SMILES string of the molecule is CN=C(NCC1CCCO1)NCC(C)(C)c1ccc(OC)c(OC)c1. The monoisotopic (exact) mass is 349 g/mol. The minimum atomic E-state index is -0.0962. The molecule has 0 amide bonds. The van der Waals surface area contributed by atoms with E-state index in [1.54, 1.807) is 21.3 Å². The van der Waals surface area contributed by atoms with Gasteiger partial charge in [-0.15, -0.1) is 0 Å². The summed E-state index contributed by atoms with van der Waals surface area (Å²) in [6, 6.07) is 6.05. The molecule has 140 valence electrons. The van der Waals surface area contributed by atoms with E-state index in [2.05, 4.69) is 35.5 Å². The van der Waals surface area contributed by atoms with E-state index in [0.29, 0.717) is 0 Å². The lowest BCUT2D eigenvalue weighted by atomic mass is 9.84. The fraction of sp³-hybridized carbons (Fsp3) is 0.632. The molecule has 0 radical (unpaired) electrons. The van der Waals surface area contributed by atoms with E-state index >= 15 is 0 Å². The summed E-state index contributed by atoms with van der Waals surface area (Å²) >= 11 is 0. The summed E-state index contributed by atoms with van der Waals surface area (Å²) in [6.45, 7) is 6.78. The third kappa shape index (κ3) is 5.26. The Kier molecular flexibility index (Phi) is 6.93. The Hall–Kier alpha value is -1.95. The first kappa shape index (κ1) is 19.4. The van der Waals surface area contributed by atoms with Crippen molar-refractivity contribution in [2.24, 2.45) is 4.99 Å². The second-order valence-electron chi connectivity index (χ2n) is 6.90. The summed E-state index contributed by atoms with van der Waals surface area (Å²) in [5.41, 5.74) is 1.08. The van der Waals surface area contributed by atoms with E-state index < -0.39 is 0 Å². The van der Waals surface area contributed by atoms with Crippen LogP contribution in [-0.2, 0) is 10.2 Å². The normalized spacial score (nSPS) is 18.1. The first-order valence-electron chi connectivity index (χ1n) is 8.79.